The molecule has 1 aromatic carbocycles. The average Bonchev–Trinajstić information content (AvgIpc) is 2.28. The molecule has 0 aliphatic heterocycles. The zero-order valence-corrected chi connectivity index (χ0v) is 10.9. The number of hydrogen-bond donors (Lipinski definition) is 1. The highest BCUT2D eigenvalue weighted by atomic mass is 19.1. The summed E-state index contributed by atoms with van der Waals surface area (Å²) in [5, 5.41) is 9.70. The van der Waals surface area contributed by atoms with Gasteiger partial charge in [-0.3, -0.25) is 0 Å². The van der Waals surface area contributed by atoms with Crippen molar-refractivity contribution in [3.8, 4) is 0 Å². The number of aliphatic hydroxyl groups is 1. The van der Waals surface area contributed by atoms with Crippen molar-refractivity contribution in [1.82, 2.24) is 0 Å². The summed E-state index contributed by atoms with van der Waals surface area (Å²) in [7, 11) is 0. The summed E-state index contributed by atoms with van der Waals surface area (Å²) in [6, 6.07) is 4.99. The third-order valence-corrected chi connectivity index (χ3v) is 2.78. The lowest BCUT2D eigenvalue weighted by Crippen LogP contribution is -2.26. The number of rotatable bonds is 6. The van der Waals surface area contributed by atoms with Gasteiger partial charge < -0.3 is 10.0 Å². The van der Waals surface area contributed by atoms with Crippen LogP contribution in [0, 0.1) is 5.82 Å². The molecular formula is C14H22FNO. The summed E-state index contributed by atoms with van der Waals surface area (Å²) >= 11 is 0. The number of halogens is 1. The van der Waals surface area contributed by atoms with E-state index in [0.717, 1.165) is 31.6 Å². The van der Waals surface area contributed by atoms with Crippen LogP contribution < -0.4 is 4.90 Å². The Kier molecular flexibility index (Phi) is 5.42. The van der Waals surface area contributed by atoms with Crippen LogP contribution in [0.2, 0.25) is 0 Å². The summed E-state index contributed by atoms with van der Waals surface area (Å²) in [6.07, 6.45) is 1.24. The van der Waals surface area contributed by atoms with Gasteiger partial charge in [0.1, 0.15) is 5.82 Å². The molecule has 0 heterocycles. The van der Waals surface area contributed by atoms with Crippen LogP contribution in [0.3, 0.4) is 0 Å². The van der Waals surface area contributed by atoms with Crippen molar-refractivity contribution in [3.63, 3.8) is 0 Å². The van der Waals surface area contributed by atoms with Crippen LogP contribution in [-0.4, -0.2) is 18.2 Å². The van der Waals surface area contributed by atoms with Gasteiger partial charge in [-0.15, -0.1) is 0 Å². The molecule has 0 aromatic heterocycles. The highest BCUT2D eigenvalue weighted by Crippen LogP contribution is 2.29. The van der Waals surface area contributed by atoms with E-state index in [4.69, 9.17) is 0 Å². The van der Waals surface area contributed by atoms with Crippen molar-refractivity contribution in [2.24, 2.45) is 0 Å². The first-order valence-electron chi connectivity index (χ1n) is 6.33. The fraction of sp³-hybridized carbons (Fsp3) is 0.571. The minimum Gasteiger partial charge on any atom is -0.389 e. The van der Waals surface area contributed by atoms with Gasteiger partial charge in [0, 0.05) is 24.3 Å². The van der Waals surface area contributed by atoms with Gasteiger partial charge in [0.05, 0.1) is 6.10 Å². The maximum absolute atomic E-state index is 13.8. The number of nitrogens with zero attached hydrogens (tertiary/aromatic N) is 1. The molecule has 0 aliphatic rings. The molecule has 1 aromatic rings. The van der Waals surface area contributed by atoms with E-state index in [2.05, 4.69) is 18.7 Å². The highest BCUT2D eigenvalue weighted by Gasteiger charge is 2.17. The van der Waals surface area contributed by atoms with Crippen molar-refractivity contribution in [3.05, 3.63) is 29.6 Å². The Balaban J connectivity index is 3.12. The largest absolute Gasteiger partial charge is 0.389 e. The van der Waals surface area contributed by atoms with Crippen LogP contribution in [-0.2, 0) is 0 Å². The van der Waals surface area contributed by atoms with Gasteiger partial charge in [-0.05, 0) is 31.9 Å². The second-order valence-electron chi connectivity index (χ2n) is 4.34. The van der Waals surface area contributed by atoms with Crippen molar-refractivity contribution in [1.29, 1.82) is 0 Å². The fourth-order valence-electron chi connectivity index (χ4n) is 2.11. The molecule has 0 saturated heterocycles. The van der Waals surface area contributed by atoms with Crippen molar-refractivity contribution in [2.45, 2.75) is 39.7 Å². The van der Waals surface area contributed by atoms with E-state index in [1.54, 1.807) is 13.0 Å². The predicted molar refractivity (Wildman–Crippen MR) is 69.8 cm³/mol. The van der Waals surface area contributed by atoms with E-state index < -0.39 is 6.10 Å². The van der Waals surface area contributed by atoms with Gasteiger partial charge in [-0.1, -0.05) is 19.9 Å². The molecule has 0 amide bonds. The lowest BCUT2D eigenvalue weighted by atomic mass is 10.1. The SMILES string of the molecule is CCCN(CCC)c1cccc(F)c1C(C)O. The maximum atomic E-state index is 13.8. The third-order valence-electron chi connectivity index (χ3n) is 2.78. The third kappa shape index (κ3) is 3.43. The summed E-state index contributed by atoms with van der Waals surface area (Å²) in [5.74, 6) is -0.324. The van der Waals surface area contributed by atoms with Crippen LogP contribution in [0.4, 0.5) is 10.1 Å². The smallest absolute Gasteiger partial charge is 0.131 e. The van der Waals surface area contributed by atoms with Gasteiger partial charge in [0.2, 0.25) is 0 Å². The minimum atomic E-state index is -0.776. The van der Waals surface area contributed by atoms with Crippen LogP contribution in [0.25, 0.3) is 0 Å². The van der Waals surface area contributed by atoms with Crippen LogP contribution in [0.15, 0.2) is 18.2 Å². The molecule has 0 bridgehead atoms. The summed E-state index contributed by atoms with van der Waals surface area (Å²) in [4.78, 5) is 2.14. The summed E-state index contributed by atoms with van der Waals surface area (Å²) in [6.45, 7) is 7.58. The molecule has 0 saturated carbocycles. The van der Waals surface area contributed by atoms with Crippen LogP contribution in [0.1, 0.15) is 45.3 Å². The van der Waals surface area contributed by atoms with Gasteiger partial charge in [-0.2, -0.15) is 0 Å². The zero-order chi connectivity index (χ0) is 12.8. The topological polar surface area (TPSA) is 23.5 Å². The highest BCUT2D eigenvalue weighted by molar-refractivity contribution is 5.55. The number of aliphatic hydroxyl groups excluding tert-OH is 1. The molecule has 96 valence electrons. The molecular weight excluding hydrogens is 217 g/mol. The van der Waals surface area contributed by atoms with E-state index in [-0.39, 0.29) is 5.82 Å². The Morgan fingerprint density at radius 3 is 2.29 bits per heavy atom. The van der Waals surface area contributed by atoms with E-state index in [1.807, 2.05) is 6.07 Å². The standard InChI is InChI=1S/C14H22FNO/c1-4-9-16(10-5-2)13-8-6-7-12(15)14(13)11(3)17/h6-8,11,17H,4-5,9-10H2,1-3H3. The average molecular weight is 239 g/mol. The number of benzene rings is 1. The summed E-state index contributed by atoms with van der Waals surface area (Å²) < 4.78 is 13.8. The number of hydrogen-bond acceptors (Lipinski definition) is 2. The second-order valence-corrected chi connectivity index (χ2v) is 4.34. The van der Waals surface area contributed by atoms with Crippen molar-refractivity contribution >= 4 is 5.69 Å². The lowest BCUT2D eigenvalue weighted by molar-refractivity contribution is 0.194. The van der Waals surface area contributed by atoms with E-state index >= 15 is 0 Å². The molecule has 3 heteroatoms. The fourth-order valence-corrected chi connectivity index (χ4v) is 2.11. The monoisotopic (exact) mass is 239 g/mol. The molecule has 1 rings (SSSR count). The van der Waals surface area contributed by atoms with E-state index in [0.29, 0.717) is 5.56 Å². The van der Waals surface area contributed by atoms with Crippen molar-refractivity contribution < 1.29 is 9.50 Å². The second kappa shape index (κ2) is 6.60. The van der Waals surface area contributed by atoms with Crippen molar-refractivity contribution in [2.75, 3.05) is 18.0 Å². The quantitative estimate of drug-likeness (QED) is 0.821. The first-order chi connectivity index (χ1) is 8.11. The van der Waals surface area contributed by atoms with Gasteiger partial charge in [-0.25, -0.2) is 4.39 Å². The maximum Gasteiger partial charge on any atom is 0.131 e. The molecule has 0 aliphatic carbocycles. The molecule has 0 radical (unpaired) electrons. The summed E-state index contributed by atoms with van der Waals surface area (Å²) in [5.41, 5.74) is 1.23. The normalized spacial score (nSPS) is 12.5. The molecule has 1 N–H and O–H groups in total. The van der Waals surface area contributed by atoms with Crippen LogP contribution >= 0.6 is 0 Å². The predicted octanol–water partition coefficient (Wildman–Crippen LogP) is 3.51. The lowest BCUT2D eigenvalue weighted by Gasteiger charge is -2.27. The molecule has 2 nitrogen and oxygen atoms in total. The van der Waals surface area contributed by atoms with Crippen LogP contribution in [0.5, 0.6) is 0 Å². The minimum absolute atomic E-state index is 0.324. The molecule has 0 fully saturated rings. The Morgan fingerprint density at radius 2 is 1.82 bits per heavy atom. The first kappa shape index (κ1) is 14.0. The number of anilines is 1. The van der Waals surface area contributed by atoms with Gasteiger partial charge in [0.25, 0.3) is 0 Å². The Bertz CT molecular complexity index is 346. The van der Waals surface area contributed by atoms with Gasteiger partial charge in [0.15, 0.2) is 0 Å². The molecule has 1 atom stereocenters. The first-order valence-corrected chi connectivity index (χ1v) is 6.33. The molecule has 1 unspecified atom stereocenters. The Hall–Kier alpha value is -1.09. The van der Waals surface area contributed by atoms with E-state index in [1.165, 1.54) is 6.07 Å². The molecule has 17 heavy (non-hydrogen) atoms. The Labute approximate surface area is 103 Å². The van der Waals surface area contributed by atoms with Gasteiger partial charge >= 0.3 is 0 Å². The van der Waals surface area contributed by atoms with E-state index in [9.17, 15) is 9.50 Å². The Morgan fingerprint density at radius 1 is 1.24 bits per heavy atom. The molecule has 0 spiro atoms. The zero-order valence-electron chi connectivity index (χ0n) is 10.9.